The zero-order valence-electron chi connectivity index (χ0n) is 19.7. The number of hydrogen-bond donors (Lipinski definition) is 2. The Morgan fingerprint density at radius 3 is 2.56 bits per heavy atom. The van der Waals surface area contributed by atoms with E-state index >= 15 is 0 Å². The number of anilines is 1. The van der Waals surface area contributed by atoms with Gasteiger partial charge in [-0.15, -0.1) is 12.4 Å². The summed E-state index contributed by atoms with van der Waals surface area (Å²) in [5.74, 6) is -0.501. The lowest BCUT2D eigenvalue weighted by molar-refractivity contribution is -0.127. The van der Waals surface area contributed by atoms with Crippen LogP contribution in [0.2, 0.25) is 10.0 Å². The number of pyridine rings is 1. The van der Waals surface area contributed by atoms with Crippen LogP contribution in [0, 0.1) is 6.92 Å². The average molecular weight is 622 g/mol. The topological polar surface area (TPSA) is 105 Å². The first-order valence-electron chi connectivity index (χ1n) is 10.6. The van der Waals surface area contributed by atoms with Gasteiger partial charge >= 0.3 is 0 Å². The smallest absolute Gasteiger partial charge is 0.246 e. The highest BCUT2D eigenvalue weighted by molar-refractivity contribution is 9.10. The molecule has 3 aromatic rings. The Bertz CT molecular complexity index is 1280. The summed E-state index contributed by atoms with van der Waals surface area (Å²) in [6.07, 6.45) is 1.89. The first-order chi connectivity index (χ1) is 16.6. The van der Waals surface area contributed by atoms with Crippen molar-refractivity contribution in [2.45, 2.75) is 26.4 Å². The van der Waals surface area contributed by atoms with Crippen molar-refractivity contribution >= 4 is 80.6 Å². The number of hydrogen-bond acceptors (Lipinski definition) is 5. The van der Waals surface area contributed by atoms with Gasteiger partial charge in [-0.2, -0.15) is 0 Å². The molecule has 0 saturated carbocycles. The first kappa shape index (κ1) is 29.7. The van der Waals surface area contributed by atoms with Gasteiger partial charge in [0, 0.05) is 43.7 Å². The van der Waals surface area contributed by atoms with Crippen LogP contribution in [0.5, 0.6) is 5.75 Å². The summed E-state index contributed by atoms with van der Waals surface area (Å²) in [6.45, 7) is 1.69. The second-order valence-electron chi connectivity index (χ2n) is 7.60. The highest BCUT2D eigenvalue weighted by Gasteiger charge is 2.20. The molecule has 1 aromatic carbocycles. The summed E-state index contributed by atoms with van der Waals surface area (Å²) in [7, 11) is 3.04. The van der Waals surface area contributed by atoms with E-state index in [0.717, 1.165) is 10.3 Å². The summed E-state index contributed by atoms with van der Waals surface area (Å²) in [4.78, 5) is 41.6. The van der Waals surface area contributed by atoms with E-state index in [9.17, 15) is 14.4 Å². The number of benzene rings is 1. The van der Waals surface area contributed by atoms with Crippen molar-refractivity contribution in [2.75, 3.05) is 25.5 Å². The van der Waals surface area contributed by atoms with Gasteiger partial charge in [0.2, 0.25) is 17.7 Å². The molecule has 2 N–H and O–H groups in total. The van der Waals surface area contributed by atoms with Crippen LogP contribution in [0.25, 0.3) is 5.65 Å². The molecule has 0 aliphatic rings. The molecular formula is C23H25BrCl3N5O4. The van der Waals surface area contributed by atoms with Crippen LogP contribution in [0.1, 0.15) is 24.1 Å². The Kier molecular flexibility index (Phi) is 10.8. The third-order valence-electron chi connectivity index (χ3n) is 5.28. The molecule has 0 bridgehead atoms. The van der Waals surface area contributed by atoms with Gasteiger partial charge in [0.05, 0.1) is 22.9 Å². The Morgan fingerprint density at radius 1 is 1.17 bits per heavy atom. The Labute approximate surface area is 233 Å². The van der Waals surface area contributed by atoms with E-state index in [2.05, 4.69) is 31.5 Å². The first-order valence-corrected chi connectivity index (χ1v) is 12.2. The summed E-state index contributed by atoms with van der Waals surface area (Å²) in [6, 6.07) is 6.88. The molecule has 36 heavy (non-hydrogen) atoms. The molecule has 2 aromatic heterocycles. The van der Waals surface area contributed by atoms with Gasteiger partial charge in [0.1, 0.15) is 11.2 Å². The molecular weight excluding hydrogens is 597 g/mol. The lowest BCUT2D eigenvalue weighted by Gasteiger charge is -2.21. The standard InChI is InChI=1S/C23H24BrCl2N5O4.ClH/c1-13-22(24)31-10-4-5-17(23(31)29-13)35-12-14-15(25)6-7-16(21(14)26)30(3)20(34)11-28-19(33)9-8-18(32)27-2;/h4-7,10H,8-9,11-12H2,1-3H3,(H,27,32)(H,28,33);1H. The van der Waals surface area contributed by atoms with Gasteiger partial charge in [-0.05, 0) is 47.1 Å². The largest absolute Gasteiger partial charge is 0.485 e. The molecule has 0 atom stereocenters. The lowest BCUT2D eigenvalue weighted by Crippen LogP contribution is -2.38. The number of ether oxygens (including phenoxy) is 1. The number of carbonyl (C=O) groups excluding carboxylic acids is 3. The normalized spacial score (nSPS) is 10.5. The molecule has 0 unspecified atom stereocenters. The van der Waals surface area contributed by atoms with Gasteiger partial charge < -0.3 is 20.3 Å². The number of aromatic nitrogens is 2. The second-order valence-corrected chi connectivity index (χ2v) is 9.14. The van der Waals surface area contributed by atoms with E-state index in [4.69, 9.17) is 27.9 Å². The maximum atomic E-state index is 12.6. The van der Waals surface area contributed by atoms with E-state index < -0.39 is 11.8 Å². The molecule has 0 spiro atoms. The van der Waals surface area contributed by atoms with Crippen molar-refractivity contribution in [3.8, 4) is 5.75 Å². The summed E-state index contributed by atoms with van der Waals surface area (Å²) in [5, 5.41) is 5.59. The maximum absolute atomic E-state index is 12.6. The third-order valence-corrected chi connectivity index (χ3v) is 7.01. The van der Waals surface area contributed by atoms with Crippen LogP contribution >= 0.6 is 51.5 Å². The molecule has 0 aliphatic carbocycles. The quantitative estimate of drug-likeness (QED) is 0.371. The van der Waals surface area contributed by atoms with Gasteiger partial charge in [-0.25, -0.2) is 4.98 Å². The predicted molar refractivity (Wildman–Crippen MR) is 145 cm³/mol. The van der Waals surface area contributed by atoms with Crippen molar-refractivity contribution < 1.29 is 19.1 Å². The van der Waals surface area contributed by atoms with E-state index in [-0.39, 0.29) is 49.3 Å². The monoisotopic (exact) mass is 619 g/mol. The van der Waals surface area contributed by atoms with Crippen molar-refractivity contribution in [3.05, 3.63) is 56.4 Å². The fourth-order valence-electron chi connectivity index (χ4n) is 3.23. The Balaban J connectivity index is 0.00000456. The van der Waals surface area contributed by atoms with Crippen molar-refractivity contribution in [1.82, 2.24) is 20.0 Å². The Morgan fingerprint density at radius 2 is 1.86 bits per heavy atom. The fourth-order valence-corrected chi connectivity index (χ4v) is 4.22. The number of amides is 3. The zero-order chi connectivity index (χ0) is 25.7. The highest BCUT2D eigenvalue weighted by Crippen LogP contribution is 2.35. The Hall–Kier alpha value is -2.53. The van der Waals surface area contributed by atoms with Crippen molar-refractivity contribution in [3.63, 3.8) is 0 Å². The summed E-state index contributed by atoms with van der Waals surface area (Å²) < 4.78 is 8.69. The maximum Gasteiger partial charge on any atom is 0.246 e. The molecule has 0 fully saturated rings. The van der Waals surface area contributed by atoms with Crippen LogP contribution in [0.4, 0.5) is 5.69 Å². The summed E-state index contributed by atoms with van der Waals surface area (Å²) in [5.41, 5.74) is 2.38. The SMILES string of the molecule is CNC(=O)CCC(=O)NCC(=O)N(C)c1ccc(Cl)c(COc2cccn3c(Br)c(C)nc23)c1Cl.Cl. The van der Waals surface area contributed by atoms with Crippen molar-refractivity contribution in [1.29, 1.82) is 0 Å². The number of imidazole rings is 1. The van der Waals surface area contributed by atoms with Crippen LogP contribution in [0.15, 0.2) is 35.1 Å². The van der Waals surface area contributed by atoms with E-state index in [1.807, 2.05) is 23.6 Å². The number of halogens is 4. The van der Waals surface area contributed by atoms with Gasteiger partial charge in [-0.3, -0.25) is 18.8 Å². The molecule has 0 saturated heterocycles. The molecule has 0 radical (unpaired) electrons. The molecule has 3 rings (SSSR count). The van der Waals surface area contributed by atoms with Crippen LogP contribution in [-0.4, -0.2) is 47.7 Å². The number of aryl methyl sites for hydroxylation is 1. The minimum Gasteiger partial charge on any atom is -0.485 e. The fraction of sp³-hybridized carbons (Fsp3) is 0.304. The van der Waals surface area contributed by atoms with Gasteiger partial charge in [0.15, 0.2) is 11.4 Å². The molecule has 9 nitrogen and oxygen atoms in total. The van der Waals surface area contributed by atoms with E-state index in [1.54, 1.807) is 25.2 Å². The number of rotatable bonds is 9. The van der Waals surface area contributed by atoms with Crippen LogP contribution in [0.3, 0.4) is 0 Å². The molecule has 194 valence electrons. The van der Waals surface area contributed by atoms with Crippen LogP contribution in [-0.2, 0) is 21.0 Å². The predicted octanol–water partition coefficient (Wildman–Crippen LogP) is 4.32. The van der Waals surface area contributed by atoms with Crippen LogP contribution < -0.4 is 20.3 Å². The molecule has 0 aliphatic heterocycles. The zero-order valence-corrected chi connectivity index (χ0v) is 23.6. The third kappa shape index (κ3) is 6.82. The van der Waals surface area contributed by atoms with Crippen molar-refractivity contribution in [2.24, 2.45) is 0 Å². The van der Waals surface area contributed by atoms with E-state index in [0.29, 0.717) is 27.7 Å². The molecule has 13 heteroatoms. The molecule has 3 amide bonds. The highest BCUT2D eigenvalue weighted by atomic mass is 79.9. The number of nitrogens with one attached hydrogen (secondary N) is 2. The minimum absolute atomic E-state index is 0. The average Bonchev–Trinajstić information content (AvgIpc) is 3.14. The van der Waals surface area contributed by atoms with Gasteiger partial charge in [-0.1, -0.05) is 23.2 Å². The number of fused-ring (bicyclic) bond motifs is 1. The van der Waals surface area contributed by atoms with E-state index in [1.165, 1.54) is 11.9 Å². The lowest BCUT2D eigenvalue weighted by atomic mass is 10.2. The summed E-state index contributed by atoms with van der Waals surface area (Å²) >= 11 is 16.5. The number of nitrogens with zero attached hydrogens (tertiary/aromatic N) is 3. The number of carbonyl (C=O) groups is 3. The number of likely N-dealkylation sites (N-methyl/N-ethyl adjacent to an activating group) is 1. The van der Waals surface area contributed by atoms with Gasteiger partial charge in [0.25, 0.3) is 0 Å². The molecule has 2 heterocycles. The second kappa shape index (κ2) is 13.1. The minimum atomic E-state index is -0.401.